The molecule has 1 aromatic rings. The lowest BCUT2D eigenvalue weighted by atomic mass is 10.1. The van der Waals surface area contributed by atoms with Crippen molar-refractivity contribution < 1.29 is 0 Å². The third-order valence-corrected chi connectivity index (χ3v) is 2.84. The van der Waals surface area contributed by atoms with Crippen molar-refractivity contribution in [1.29, 1.82) is 0 Å². The van der Waals surface area contributed by atoms with Crippen LogP contribution >= 0.6 is 0 Å². The van der Waals surface area contributed by atoms with Gasteiger partial charge in [0.25, 0.3) is 0 Å². The van der Waals surface area contributed by atoms with Crippen LogP contribution in [0.15, 0.2) is 46.3 Å². The van der Waals surface area contributed by atoms with E-state index in [1.54, 1.807) is 0 Å². The minimum Gasteiger partial charge on any atom is -0.309 e. The predicted octanol–water partition coefficient (Wildman–Crippen LogP) is 3.08. The van der Waals surface area contributed by atoms with Crippen molar-refractivity contribution in [3.05, 3.63) is 47.2 Å². The summed E-state index contributed by atoms with van der Waals surface area (Å²) in [4.78, 5) is 0. The summed E-state index contributed by atoms with van der Waals surface area (Å²) in [5.41, 5.74) is 4.01. The van der Waals surface area contributed by atoms with Crippen molar-refractivity contribution in [1.82, 2.24) is 5.32 Å². The Hall–Kier alpha value is -1.48. The summed E-state index contributed by atoms with van der Waals surface area (Å²) in [6.07, 6.45) is 4.22. The van der Waals surface area contributed by atoms with E-state index < -0.39 is 0 Å². The maximum Gasteiger partial charge on any atom is 0.0844 e. The van der Waals surface area contributed by atoms with E-state index in [0.717, 1.165) is 19.6 Å². The highest BCUT2D eigenvalue weighted by molar-refractivity contribution is 5.22. The van der Waals surface area contributed by atoms with Gasteiger partial charge in [0.1, 0.15) is 0 Å². The number of benzene rings is 1. The molecule has 0 aliphatic carbocycles. The third-order valence-electron chi connectivity index (χ3n) is 2.84. The van der Waals surface area contributed by atoms with Gasteiger partial charge in [-0.05, 0) is 23.1 Å². The van der Waals surface area contributed by atoms with E-state index in [9.17, 15) is 0 Å². The highest BCUT2D eigenvalue weighted by atomic mass is 15.1. The molecule has 0 spiro atoms. The fourth-order valence-electron chi connectivity index (χ4n) is 1.88. The van der Waals surface area contributed by atoms with Crippen molar-refractivity contribution in [2.75, 3.05) is 13.1 Å². The molecule has 0 radical (unpaired) electrons. The quantitative estimate of drug-likeness (QED) is 0.799. The maximum atomic E-state index is 3.91. The number of aryl methyl sites for hydroxylation is 1. The molecule has 2 rings (SSSR count). The van der Waals surface area contributed by atoms with Crippen LogP contribution in [0.5, 0.6) is 0 Å². The minimum atomic E-state index is 0.752. The molecule has 0 saturated carbocycles. The molecule has 1 aromatic carbocycles. The second-order valence-corrected chi connectivity index (χ2v) is 4.37. The summed E-state index contributed by atoms with van der Waals surface area (Å²) in [6.45, 7) is 4.75. The first-order valence-electron chi connectivity index (χ1n) is 6.21. The fourth-order valence-corrected chi connectivity index (χ4v) is 1.88. The Balaban J connectivity index is 1.75. The molecule has 90 valence electrons. The molecule has 1 aliphatic heterocycles. The van der Waals surface area contributed by atoms with Gasteiger partial charge in [0.15, 0.2) is 0 Å². The topological polar surface area (TPSA) is 36.8 Å². The van der Waals surface area contributed by atoms with Gasteiger partial charge in [-0.2, -0.15) is 10.2 Å². The second-order valence-electron chi connectivity index (χ2n) is 4.37. The Labute approximate surface area is 103 Å². The molecule has 0 fully saturated rings. The van der Waals surface area contributed by atoms with Gasteiger partial charge in [0.2, 0.25) is 0 Å². The summed E-state index contributed by atoms with van der Waals surface area (Å²) in [6, 6.07) is 8.85. The Morgan fingerprint density at radius 1 is 1.12 bits per heavy atom. The molecule has 1 heterocycles. The van der Waals surface area contributed by atoms with Crippen molar-refractivity contribution in [3.63, 3.8) is 0 Å². The zero-order chi connectivity index (χ0) is 11.9. The molecule has 1 aliphatic rings. The Bertz CT molecular complexity index is 404. The Morgan fingerprint density at radius 2 is 1.88 bits per heavy atom. The standard InChI is InChI=1S/C14H19N3/c1-2-3-12-4-6-13(7-5-12)8-15-9-14-10-16-17-11-14/h4-7,10,15H,2-3,8-9,11H2,1H3. The number of rotatable bonds is 6. The molecule has 17 heavy (non-hydrogen) atoms. The summed E-state index contributed by atoms with van der Waals surface area (Å²) in [7, 11) is 0. The molecule has 0 saturated heterocycles. The van der Waals surface area contributed by atoms with E-state index in [1.165, 1.54) is 29.5 Å². The Morgan fingerprint density at radius 3 is 2.53 bits per heavy atom. The van der Waals surface area contributed by atoms with Crippen LogP contribution in [0.25, 0.3) is 0 Å². The van der Waals surface area contributed by atoms with Gasteiger partial charge >= 0.3 is 0 Å². The zero-order valence-electron chi connectivity index (χ0n) is 10.3. The zero-order valence-corrected chi connectivity index (χ0v) is 10.3. The van der Waals surface area contributed by atoms with Gasteiger partial charge in [-0.3, -0.25) is 0 Å². The first kappa shape index (κ1) is 12.0. The fraction of sp³-hybridized carbons (Fsp3) is 0.429. The smallest absolute Gasteiger partial charge is 0.0844 e. The summed E-state index contributed by atoms with van der Waals surface area (Å²) < 4.78 is 0. The lowest BCUT2D eigenvalue weighted by Gasteiger charge is -2.06. The lowest BCUT2D eigenvalue weighted by Crippen LogP contribution is -2.17. The van der Waals surface area contributed by atoms with Crippen molar-refractivity contribution >= 4 is 0 Å². The minimum absolute atomic E-state index is 0.752. The van der Waals surface area contributed by atoms with Crippen LogP contribution < -0.4 is 5.32 Å². The number of hydrogen-bond acceptors (Lipinski definition) is 3. The molecule has 0 atom stereocenters. The van der Waals surface area contributed by atoms with Crippen LogP contribution in [-0.4, -0.2) is 13.1 Å². The van der Waals surface area contributed by atoms with Crippen LogP contribution in [0.3, 0.4) is 0 Å². The summed E-state index contributed by atoms with van der Waals surface area (Å²) in [5, 5.41) is 11.2. The largest absolute Gasteiger partial charge is 0.309 e. The van der Waals surface area contributed by atoms with Gasteiger partial charge in [-0.25, -0.2) is 0 Å². The maximum absolute atomic E-state index is 3.91. The van der Waals surface area contributed by atoms with Gasteiger partial charge in [-0.15, -0.1) is 0 Å². The molecular weight excluding hydrogens is 210 g/mol. The average Bonchev–Trinajstić information content (AvgIpc) is 2.85. The van der Waals surface area contributed by atoms with E-state index >= 15 is 0 Å². The molecular formula is C14H19N3. The van der Waals surface area contributed by atoms with E-state index in [4.69, 9.17) is 0 Å². The van der Waals surface area contributed by atoms with Crippen LogP contribution in [-0.2, 0) is 13.0 Å². The molecule has 0 aromatic heterocycles. The summed E-state index contributed by atoms with van der Waals surface area (Å²) >= 11 is 0. The van der Waals surface area contributed by atoms with Gasteiger partial charge in [-0.1, -0.05) is 37.6 Å². The lowest BCUT2D eigenvalue weighted by molar-refractivity contribution is 0.734. The molecule has 3 heteroatoms. The SMILES string of the molecule is CCCc1ccc(CNCC2=CN=NC2)cc1. The van der Waals surface area contributed by atoms with Gasteiger partial charge in [0, 0.05) is 13.1 Å². The predicted molar refractivity (Wildman–Crippen MR) is 69.9 cm³/mol. The van der Waals surface area contributed by atoms with E-state index in [-0.39, 0.29) is 0 Å². The first-order valence-corrected chi connectivity index (χ1v) is 6.21. The van der Waals surface area contributed by atoms with Gasteiger partial charge in [0.05, 0.1) is 12.7 Å². The first-order chi connectivity index (χ1) is 8.38. The number of nitrogens with one attached hydrogen (secondary N) is 1. The van der Waals surface area contributed by atoms with Gasteiger partial charge < -0.3 is 5.32 Å². The monoisotopic (exact) mass is 229 g/mol. The van der Waals surface area contributed by atoms with Crippen LogP contribution in [0, 0.1) is 0 Å². The van der Waals surface area contributed by atoms with Crippen molar-refractivity contribution in [2.45, 2.75) is 26.3 Å². The molecule has 3 nitrogen and oxygen atoms in total. The molecule has 1 N–H and O–H groups in total. The molecule has 0 amide bonds. The number of nitrogens with zero attached hydrogens (tertiary/aromatic N) is 2. The third kappa shape index (κ3) is 3.79. The Kier molecular flexibility index (Phi) is 4.45. The molecule has 0 bridgehead atoms. The average molecular weight is 229 g/mol. The van der Waals surface area contributed by atoms with Crippen molar-refractivity contribution in [3.8, 4) is 0 Å². The summed E-state index contributed by atoms with van der Waals surface area (Å²) in [5.74, 6) is 0. The van der Waals surface area contributed by atoms with Crippen molar-refractivity contribution in [2.24, 2.45) is 10.2 Å². The highest BCUT2D eigenvalue weighted by Crippen LogP contribution is 2.07. The van der Waals surface area contributed by atoms with Crippen LogP contribution in [0.1, 0.15) is 24.5 Å². The van der Waals surface area contributed by atoms with Crippen LogP contribution in [0.2, 0.25) is 0 Å². The normalized spacial score (nSPS) is 14.1. The van der Waals surface area contributed by atoms with E-state index in [2.05, 4.69) is 46.7 Å². The van der Waals surface area contributed by atoms with Crippen LogP contribution in [0.4, 0.5) is 0 Å². The molecule has 0 unspecified atom stereocenters. The van der Waals surface area contributed by atoms with E-state index in [0.29, 0.717) is 0 Å². The highest BCUT2D eigenvalue weighted by Gasteiger charge is 2.01. The number of hydrogen-bond donors (Lipinski definition) is 1. The second kappa shape index (κ2) is 6.30. The number of azo groups is 1. The van der Waals surface area contributed by atoms with E-state index in [1.807, 2.05) is 6.20 Å².